The minimum absolute atomic E-state index is 0.0673. The lowest BCUT2D eigenvalue weighted by molar-refractivity contribution is 0.0731. The fourth-order valence-corrected chi connectivity index (χ4v) is 4.48. The van der Waals surface area contributed by atoms with Crippen molar-refractivity contribution < 1.29 is 14.3 Å². The quantitative estimate of drug-likeness (QED) is 0.295. The smallest absolute Gasteiger partial charge is 0.254 e. The largest absolute Gasteiger partial charge is 0.493 e. The minimum atomic E-state index is -0.0673. The monoisotopic (exact) mass is 497 g/mol. The van der Waals surface area contributed by atoms with Gasteiger partial charge in [-0.05, 0) is 69.4 Å². The average Bonchev–Trinajstić information content (AvgIpc) is 2.90. The van der Waals surface area contributed by atoms with Crippen LogP contribution < -0.4 is 9.47 Å². The summed E-state index contributed by atoms with van der Waals surface area (Å²) < 4.78 is 10.8. The lowest BCUT2D eigenvalue weighted by Crippen LogP contribution is -2.36. The molecule has 0 atom stereocenters. The van der Waals surface area contributed by atoms with E-state index in [-0.39, 0.29) is 5.91 Å². The third-order valence-corrected chi connectivity index (χ3v) is 6.51. The predicted octanol–water partition coefficient (Wildman–Crippen LogP) is 5.74. The van der Waals surface area contributed by atoms with Gasteiger partial charge >= 0.3 is 0 Å². The van der Waals surface area contributed by atoms with Gasteiger partial charge in [-0.25, -0.2) is 4.98 Å². The zero-order valence-corrected chi connectivity index (χ0v) is 22.5. The van der Waals surface area contributed by atoms with Crippen molar-refractivity contribution in [1.82, 2.24) is 14.8 Å². The van der Waals surface area contributed by atoms with Crippen molar-refractivity contribution in [2.24, 2.45) is 0 Å². The molecule has 6 nitrogen and oxygen atoms in total. The maximum absolute atomic E-state index is 13.8. The van der Waals surface area contributed by atoms with E-state index in [0.29, 0.717) is 30.2 Å². The molecule has 6 heteroatoms. The molecule has 0 aliphatic rings. The van der Waals surface area contributed by atoms with Crippen molar-refractivity contribution in [1.29, 1.82) is 0 Å². The second-order valence-corrected chi connectivity index (χ2v) is 9.61. The first-order valence-corrected chi connectivity index (χ1v) is 12.4. The SMILES string of the molecule is COc1ccc(C(=O)N(CCN(C)C)Cc2cc3cccc(C)c3nc2-c2cccc(C)c2)cc1OC. The number of hydrogen-bond donors (Lipinski definition) is 0. The average molecular weight is 498 g/mol. The zero-order valence-electron chi connectivity index (χ0n) is 22.5. The van der Waals surface area contributed by atoms with Crippen LogP contribution in [0.2, 0.25) is 0 Å². The molecule has 0 N–H and O–H groups in total. The lowest BCUT2D eigenvalue weighted by atomic mass is 10.00. The van der Waals surface area contributed by atoms with Crippen LogP contribution in [-0.4, -0.2) is 62.1 Å². The molecular weight excluding hydrogens is 462 g/mol. The summed E-state index contributed by atoms with van der Waals surface area (Å²) in [7, 11) is 7.19. The molecule has 0 unspecified atom stereocenters. The molecule has 192 valence electrons. The van der Waals surface area contributed by atoms with Gasteiger partial charge in [0, 0.05) is 36.1 Å². The van der Waals surface area contributed by atoms with Gasteiger partial charge in [0.1, 0.15) is 0 Å². The normalized spacial score (nSPS) is 11.1. The van der Waals surface area contributed by atoms with E-state index >= 15 is 0 Å². The molecule has 0 saturated heterocycles. The number of methoxy groups -OCH3 is 2. The third kappa shape index (κ3) is 5.92. The number of rotatable bonds is 9. The number of benzene rings is 3. The molecule has 1 heterocycles. The Balaban J connectivity index is 1.80. The van der Waals surface area contributed by atoms with E-state index < -0.39 is 0 Å². The summed E-state index contributed by atoms with van der Waals surface area (Å²) in [5.74, 6) is 1.06. The predicted molar refractivity (Wildman–Crippen MR) is 149 cm³/mol. The number of fused-ring (bicyclic) bond motifs is 1. The van der Waals surface area contributed by atoms with Gasteiger partial charge < -0.3 is 19.3 Å². The van der Waals surface area contributed by atoms with E-state index in [2.05, 4.69) is 61.2 Å². The van der Waals surface area contributed by atoms with Crippen molar-refractivity contribution in [2.75, 3.05) is 41.4 Å². The summed E-state index contributed by atoms with van der Waals surface area (Å²) in [5, 5.41) is 1.07. The van der Waals surface area contributed by atoms with Crippen molar-refractivity contribution in [3.8, 4) is 22.8 Å². The van der Waals surface area contributed by atoms with Crippen molar-refractivity contribution in [3.05, 3.63) is 89.0 Å². The molecule has 0 aliphatic carbocycles. The zero-order chi connectivity index (χ0) is 26.5. The fraction of sp³-hybridized carbons (Fsp3) is 0.290. The Bertz CT molecular complexity index is 1410. The highest BCUT2D eigenvalue weighted by Crippen LogP contribution is 2.31. The number of aryl methyl sites for hydroxylation is 2. The maximum atomic E-state index is 13.8. The van der Waals surface area contributed by atoms with Crippen LogP contribution in [0.5, 0.6) is 11.5 Å². The van der Waals surface area contributed by atoms with Gasteiger partial charge in [-0.1, -0.05) is 42.0 Å². The van der Waals surface area contributed by atoms with Crippen LogP contribution in [0.4, 0.5) is 0 Å². The fourth-order valence-electron chi connectivity index (χ4n) is 4.48. The standard InChI is InChI=1S/C31H35N3O3/c1-21-9-7-11-23(17-21)30-26(18-24-12-8-10-22(2)29(24)32-30)20-34(16-15-33(3)4)31(35)25-13-14-27(36-5)28(19-25)37-6/h7-14,17-19H,15-16,20H2,1-6H3. The van der Waals surface area contributed by atoms with Crippen molar-refractivity contribution >= 4 is 16.8 Å². The van der Waals surface area contributed by atoms with E-state index in [1.54, 1.807) is 32.4 Å². The maximum Gasteiger partial charge on any atom is 0.254 e. The number of amides is 1. The van der Waals surface area contributed by atoms with Gasteiger partial charge in [-0.3, -0.25) is 4.79 Å². The Labute approximate surface area is 219 Å². The van der Waals surface area contributed by atoms with Gasteiger partial charge in [0.2, 0.25) is 0 Å². The highest BCUT2D eigenvalue weighted by Gasteiger charge is 2.21. The second kappa shape index (κ2) is 11.4. The number of para-hydroxylation sites is 1. The first-order valence-electron chi connectivity index (χ1n) is 12.4. The first-order chi connectivity index (χ1) is 17.8. The minimum Gasteiger partial charge on any atom is -0.493 e. The molecule has 4 aromatic rings. The number of likely N-dealkylation sites (N-methyl/N-ethyl adjacent to an activating group) is 1. The van der Waals surface area contributed by atoms with Gasteiger partial charge in [0.05, 0.1) is 25.4 Å². The molecule has 0 saturated carbocycles. The second-order valence-electron chi connectivity index (χ2n) is 9.61. The van der Waals surface area contributed by atoms with Crippen LogP contribution in [0.3, 0.4) is 0 Å². The van der Waals surface area contributed by atoms with E-state index in [0.717, 1.165) is 39.8 Å². The van der Waals surface area contributed by atoms with Crippen LogP contribution in [-0.2, 0) is 6.54 Å². The van der Waals surface area contributed by atoms with Gasteiger partial charge in [-0.15, -0.1) is 0 Å². The van der Waals surface area contributed by atoms with Crippen LogP contribution in [0, 0.1) is 13.8 Å². The summed E-state index contributed by atoms with van der Waals surface area (Å²) in [6.45, 7) is 5.90. The summed E-state index contributed by atoms with van der Waals surface area (Å²) in [5.41, 5.74) is 6.79. The Hall–Kier alpha value is -3.90. The van der Waals surface area contributed by atoms with Crippen LogP contribution in [0.1, 0.15) is 27.0 Å². The molecule has 0 fully saturated rings. The molecule has 1 amide bonds. The highest BCUT2D eigenvalue weighted by atomic mass is 16.5. The number of nitrogens with zero attached hydrogens (tertiary/aromatic N) is 3. The lowest BCUT2D eigenvalue weighted by Gasteiger charge is -2.26. The first kappa shape index (κ1) is 26.2. The molecule has 37 heavy (non-hydrogen) atoms. The highest BCUT2D eigenvalue weighted by molar-refractivity contribution is 5.95. The van der Waals surface area contributed by atoms with E-state index in [1.165, 1.54) is 5.56 Å². The van der Waals surface area contributed by atoms with Crippen LogP contribution in [0.25, 0.3) is 22.2 Å². The van der Waals surface area contributed by atoms with E-state index in [4.69, 9.17) is 14.5 Å². The Kier molecular flexibility index (Phi) is 8.09. The van der Waals surface area contributed by atoms with Crippen molar-refractivity contribution in [2.45, 2.75) is 20.4 Å². The molecular formula is C31H35N3O3. The van der Waals surface area contributed by atoms with Gasteiger partial charge in [0.25, 0.3) is 5.91 Å². The number of carbonyl (C=O) groups excluding carboxylic acids is 1. The van der Waals surface area contributed by atoms with E-state index in [1.807, 2.05) is 25.1 Å². The molecule has 3 aromatic carbocycles. The van der Waals surface area contributed by atoms with Gasteiger partial charge in [-0.2, -0.15) is 0 Å². The molecule has 0 radical (unpaired) electrons. The molecule has 0 spiro atoms. The molecule has 0 aliphatic heterocycles. The number of carbonyl (C=O) groups is 1. The Morgan fingerprint density at radius 3 is 2.32 bits per heavy atom. The summed E-state index contributed by atoms with van der Waals surface area (Å²) in [4.78, 5) is 22.9. The summed E-state index contributed by atoms with van der Waals surface area (Å²) in [6.07, 6.45) is 0. The topological polar surface area (TPSA) is 54.9 Å². The molecule has 4 rings (SSSR count). The number of ether oxygens (including phenoxy) is 2. The number of hydrogen-bond acceptors (Lipinski definition) is 5. The molecule has 0 bridgehead atoms. The van der Waals surface area contributed by atoms with Crippen LogP contribution >= 0.6 is 0 Å². The number of aromatic nitrogens is 1. The number of pyridine rings is 1. The van der Waals surface area contributed by atoms with E-state index in [9.17, 15) is 4.79 Å². The summed E-state index contributed by atoms with van der Waals surface area (Å²) >= 11 is 0. The van der Waals surface area contributed by atoms with Gasteiger partial charge in [0.15, 0.2) is 11.5 Å². The van der Waals surface area contributed by atoms with Crippen LogP contribution in [0.15, 0.2) is 66.7 Å². The Morgan fingerprint density at radius 2 is 1.62 bits per heavy atom. The third-order valence-electron chi connectivity index (χ3n) is 6.51. The summed E-state index contributed by atoms with van der Waals surface area (Å²) in [6, 6.07) is 22.1. The van der Waals surface area contributed by atoms with Crippen molar-refractivity contribution in [3.63, 3.8) is 0 Å². The Morgan fingerprint density at radius 1 is 0.865 bits per heavy atom. The molecule has 1 aromatic heterocycles.